The van der Waals surface area contributed by atoms with Crippen LogP contribution >= 0.6 is 15.9 Å². The van der Waals surface area contributed by atoms with E-state index in [4.69, 9.17) is 0 Å². The first-order valence-corrected chi connectivity index (χ1v) is 6.98. The highest BCUT2D eigenvalue weighted by molar-refractivity contribution is 9.09. The fourth-order valence-electron chi connectivity index (χ4n) is 2.81. The molecule has 0 bridgehead atoms. The fourth-order valence-corrected chi connectivity index (χ4v) is 3.45. The quantitative estimate of drug-likeness (QED) is 0.630. The second-order valence-electron chi connectivity index (χ2n) is 5.24. The van der Waals surface area contributed by atoms with Crippen molar-refractivity contribution in [3.63, 3.8) is 0 Å². The molecule has 1 N–H and O–H groups in total. The highest BCUT2D eigenvalue weighted by Gasteiger charge is 2.45. The van der Waals surface area contributed by atoms with Gasteiger partial charge >= 0.3 is 5.97 Å². The molecule has 0 aromatic carbocycles. The van der Waals surface area contributed by atoms with E-state index < -0.39 is 11.4 Å². The molecule has 1 aliphatic carbocycles. The molecule has 0 aromatic heterocycles. The normalized spacial score (nSPS) is 34.7. The molecule has 0 unspecified atom stereocenters. The smallest absolute Gasteiger partial charge is 0.309 e. The summed E-state index contributed by atoms with van der Waals surface area (Å²) in [7, 11) is 0. The van der Waals surface area contributed by atoms with Crippen molar-refractivity contribution < 1.29 is 9.90 Å². The summed E-state index contributed by atoms with van der Waals surface area (Å²) in [6.07, 6.45) is 3.92. The van der Waals surface area contributed by atoms with Crippen molar-refractivity contribution >= 4 is 21.9 Å². The van der Waals surface area contributed by atoms with Crippen LogP contribution in [0.4, 0.5) is 0 Å². The molecule has 1 saturated carbocycles. The van der Waals surface area contributed by atoms with Crippen LogP contribution < -0.4 is 0 Å². The van der Waals surface area contributed by atoms with Crippen molar-refractivity contribution in [3.8, 4) is 0 Å². The molecule has 0 saturated heterocycles. The summed E-state index contributed by atoms with van der Waals surface area (Å²) < 4.78 is 0. The van der Waals surface area contributed by atoms with Gasteiger partial charge in [0.1, 0.15) is 0 Å². The van der Waals surface area contributed by atoms with Crippen LogP contribution in [0, 0.1) is 17.3 Å². The van der Waals surface area contributed by atoms with Crippen LogP contribution in [0.3, 0.4) is 0 Å². The Morgan fingerprint density at radius 3 is 2.69 bits per heavy atom. The second-order valence-corrected chi connectivity index (χ2v) is 6.03. The average Bonchev–Trinajstić information content (AvgIpc) is 2.20. The Balaban J connectivity index is 2.83. The van der Waals surface area contributed by atoms with E-state index in [9.17, 15) is 9.90 Å². The molecule has 1 rings (SSSR count). The minimum Gasteiger partial charge on any atom is -0.481 e. The number of carbonyl (C=O) groups is 1. The zero-order valence-corrected chi connectivity index (χ0v) is 11.7. The molecule has 0 heterocycles. The standard InChI is InChI=1S/C13H21BrO2/c1-9(2)11-8-10(5-7-14)4-6-13(11,3)12(15)16/h10-11H,1,4-8H2,2-3H3,(H,15,16)/t10-,11-,13+/m0/s1. The lowest BCUT2D eigenvalue weighted by Crippen LogP contribution is -2.41. The average molecular weight is 289 g/mol. The van der Waals surface area contributed by atoms with Crippen LogP contribution in [-0.2, 0) is 4.79 Å². The lowest BCUT2D eigenvalue weighted by atomic mass is 9.62. The molecule has 3 heteroatoms. The maximum atomic E-state index is 11.4. The van der Waals surface area contributed by atoms with Gasteiger partial charge in [-0.1, -0.05) is 28.1 Å². The van der Waals surface area contributed by atoms with Gasteiger partial charge in [0.2, 0.25) is 0 Å². The van der Waals surface area contributed by atoms with Gasteiger partial charge in [-0.15, -0.1) is 0 Å². The molecular weight excluding hydrogens is 268 g/mol. The SMILES string of the molecule is C=C(C)[C@@H]1C[C@H](CCBr)CC[C@@]1(C)C(=O)O. The summed E-state index contributed by atoms with van der Waals surface area (Å²) in [4.78, 5) is 11.4. The monoisotopic (exact) mass is 288 g/mol. The molecule has 0 aromatic rings. The number of carboxylic acids is 1. The van der Waals surface area contributed by atoms with Crippen LogP contribution in [0.1, 0.15) is 39.5 Å². The van der Waals surface area contributed by atoms with E-state index in [1.807, 2.05) is 13.8 Å². The van der Waals surface area contributed by atoms with Gasteiger partial charge in [0.25, 0.3) is 0 Å². The lowest BCUT2D eigenvalue weighted by Gasteiger charge is -2.42. The van der Waals surface area contributed by atoms with Crippen molar-refractivity contribution in [2.75, 3.05) is 5.33 Å². The van der Waals surface area contributed by atoms with Gasteiger partial charge in [0.05, 0.1) is 5.41 Å². The molecule has 92 valence electrons. The summed E-state index contributed by atoms with van der Waals surface area (Å²) >= 11 is 3.46. The summed E-state index contributed by atoms with van der Waals surface area (Å²) in [5.41, 5.74) is 0.415. The summed E-state index contributed by atoms with van der Waals surface area (Å²) in [6, 6.07) is 0. The number of rotatable bonds is 4. The van der Waals surface area contributed by atoms with E-state index in [1.54, 1.807) is 0 Å². The fraction of sp³-hybridized carbons (Fsp3) is 0.769. The lowest BCUT2D eigenvalue weighted by molar-refractivity contribution is -0.153. The van der Waals surface area contributed by atoms with Crippen molar-refractivity contribution in [1.29, 1.82) is 0 Å². The second kappa shape index (κ2) is 5.35. The van der Waals surface area contributed by atoms with E-state index in [2.05, 4.69) is 22.5 Å². The third-order valence-corrected chi connectivity index (χ3v) is 4.47. The Labute approximate surface area is 106 Å². The summed E-state index contributed by atoms with van der Waals surface area (Å²) in [5.74, 6) is 0.106. The molecule has 16 heavy (non-hydrogen) atoms. The Bertz CT molecular complexity index is 288. The van der Waals surface area contributed by atoms with E-state index in [0.29, 0.717) is 5.92 Å². The number of aliphatic carboxylic acids is 1. The number of allylic oxidation sites excluding steroid dienone is 1. The van der Waals surface area contributed by atoms with E-state index in [0.717, 1.165) is 36.6 Å². The van der Waals surface area contributed by atoms with Gasteiger partial charge in [-0.25, -0.2) is 0 Å². The first-order valence-electron chi connectivity index (χ1n) is 5.86. The maximum absolute atomic E-state index is 11.4. The Morgan fingerprint density at radius 1 is 1.62 bits per heavy atom. The predicted molar refractivity (Wildman–Crippen MR) is 69.8 cm³/mol. The number of alkyl halides is 1. The number of carboxylic acid groups (broad SMARTS) is 1. The molecule has 1 fully saturated rings. The van der Waals surface area contributed by atoms with Crippen molar-refractivity contribution in [1.82, 2.24) is 0 Å². The third-order valence-electron chi connectivity index (χ3n) is 4.01. The van der Waals surface area contributed by atoms with Crippen LogP contribution in [-0.4, -0.2) is 16.4 Å². The maximum Gasteiger partial charge on any atom is 0.309 e. The minimum absolute atomic E-state index is 0.128. The first kappa shape index (κ1) is 13.8. The Morgan fingerprint density at radius 2 is 2.25 bits per heavy atom. The summed E-state index contributed by atoms with van der Waals surface area (Å²) in [6.45, 7) is 7.81. The van der Waals surface area contributed by atoms with Gasteiger partial charge in [-0.05, 0) is 51.4 Å². The Hall–Kier alpha value is -0.310. The van der Waals surface area contributed by atoms with Gasteiger partial charge < -0.3 is 5.11 Å². The van der Waals surface area contributed by atoms with Crippen LogP contribution in [0.25, 0.3) is 0 Å². The predicted octanol–water partition coefficient (Wildman–Crippen LogP) is 3.85. The zero-order valence-electron chi connectivity index (χ0n) is 10.1. The van der Waals surface area contributed by atoms with Crippen LogP contribution in [0.5, 0.6) is 0 Å². The highest BCUT2D eigenvalue weighted by atomic mass is 79.9. The van der Waals surface area contributed by atoms with Gasteiger partial charge in [-0.3, -0.25) is 4.79 Å². The molecule has 3 atom stereocenters. The third kappa shape index (κ3) is 2.68. The van der Waals surface area contributed by atoms with E-state index >= 15 is 0 Å². The number of hydrogen-bond acceptors (Lipinski definition) is 1. The molecule has 0 radical (unpaired) electrons. The van der Waals surface area contributed by atoms with Gasteiger partial charge in [0.15, 0.2) is 0 Å². The molecule has 0 spiro atoms. The van der Waals surface area contributed by atoms with Gasteiger partial charge in [0, 0.05) is 5.33 Å². The van der Waals surface area contributed by atoms with Crippen molar-refractivity contribution in [2.24, 2.45) is 17.3 Å². The summed E-state index contributed by atoms with van der Waals surface area (Å²) in [5, 5.41) is 10.4. The minimum atomic E-state index is -0.669. The number of hydrogen-bond donors (Lipinski definition) is 1. The van der Waals surface area contributed by atoms with Gasteiger partial charge in [-0.2, -0.15) is 0 Å². The van der Waals surface area contributed by atoms with Crippen LogP contribution in [0.15, 0.2) is 12.2 Å². The zero-order chi connectivity index (χ0) is 12.3. The topological polar surface area (TPSA) is 37.3 Å². The number of halogens is 1. The van der Waals surface area contributed by atoms with Crippen molar-refractivity contribution in [2.45, 2.75) is 39.5 Å². The van der Waals surface area contributed by atoms with Crippen molar-refractivity contribution in [3.05, 3.63) is 12.2 Å². The van der Waals surface area contributed by atoms with E-state index in [1.165, 1.54) is 0 Å². The molecule has 0 aliphatic heterocycles. The largest absolute Gasteiger partial charge is 0.481 e. The molecule has 2 nitrogen and oxygen atoms in total. The van der Waals surface area contributed by atoms with E-state index in [-0.39, 0.29) is 5.92 Å². The first-order chi connectivity index (χ1) is 7.41. The highest BCUT2D eigenvalue weighted by Crippen LogP contribution is 2.47. The molecule has 1 aliphatic rings. The molecular formula is C13H21BrO2. The molecule has 0 amide bonds. The van der Waals surface area contributed by atoms with Crippen LogP contribution in [0.2, 0.25) is 0 Å². The Kier molecular flexibility index (Phi) is 4.60.